The van der Waals surface area contributed by atoms with Crippen LogP contribution in [0.2, 0.25) is 0 Å². The molecule has 0 radical (unpaired) electrons. The zero-order valence-corrected chi connectivity index (χ0v) is 11.3. The third-order valence-electron chi connectivity index (χ3n) is 1.89. The van der Waals surface area contributed by atoms with E-state index < -0.39 is 0 Å². The van der Waals surface area contributed by atoms with Crippen molar-refractivity contribution >= 4 is 12.4 Å². The van der Waals surface area contributed by atoms with Gasteiger partial charge in [0.05, 0.1) is 0 Å². The van der Waals surface area contributed by atoms with E-state index in [1.54, 1.807) is 7.05 Å². The summed E-state index contributed by atoms with van der Waals surface area (Å²) in [6, 6.07) is 6.50. The van der Waals surface area contributed by atoms with Crippen molar-refractivity contribution < 1.29 is 0 Å². The van der Waals surface area contributed by atoms with Crippen LogP contribution in [-0.4, -0.2) is 19.5 Å². The van der Waals surface area contributed by atoms with E-state index in [1.807, 2.05) is 13.8 Å². The molecule has 0 bridgehead atoms. The molecule has 0 fully saturated rings. The number of nitrogens with zero attached hydrogens (tertiary/aromatic N) is 1. The van der Waals surface area contributed by atoms with Gasteiger partial charge in [0.2, 0.25) is 0 Å². The molecule has 1 aromatic rings. The summed E-state index contributed by atoms with van der Waals surface area (Å²) >= 11 is 0. The van der Waals surface area contributed by atoms with E-state index in [1.165, 1.54) is 22.9 Å². The average Bonchev–Trinajstić information content (AvgIpc) is 2.29. The Bertz CT molecular complexity index is 315. The second kappa shape index (κ2) is 11.6. The highest BCUT2D eigenvalue weighted by Gasteiger charge is 1.89. The SMILES string of the molecule is CC.CN=CC=N.Cc1ccc(C)c(C)c1. The Labute approximate surface area is 99.9 Å². The van der Waals surface area contributed by atoms with Crippen LogP contribution < -0.4 is 0 Å². The normalized spacial score (nSPS) is 8.62. The molecule has 90 valence electrons. The van der Waals surface area contributed by atoms with E-state index in [2.05, 4.69) is 44.0 Å². The molecule has 0 unspecified atom stereocenters. The van der Waals surface area contributed by atoms with E-state index in [9.17, 15) is 0 Å². The van der Waals surface area contributed by atoms with Crippen LogP contribution in [0.4, 0.5) is 0 Å². The van der Waals surface area contributed by atoms with Gasteiger partial charge < -0.3 is 5.41 Å². The fraction of sp³-hybridized carbons (Fsp3) is 0.429. The summed E-state index contributed by atoms with van der Waals surface area (Å²) in [5.74, 6) is 0. The first-order valence-corrected chi connectivity index (χ1v) is 5.57. The fourth-order valence-corrected chi connectivity index (χ4v) is 0.966. The number of benzene rings is 1. The van der Waals surface area contributed by atoms with Gasteiger partial charge in [-0.2, -0.15) is 0 Å². The van der Waals surface area contributed by atoms with E-state index >= 15 is 0 Å². The minimum atomic E-state index is 1.14. The van der Waals surface area contributed by atoms with Crippen molar-refractivity contribution in [3.63, 3.8) is 0 Å². The third kappa shape index (κ3) is 9.13. The average molecular weight is 220 g/mol. The Morgan fingerprint density at radius 1 is 1.06 bits per heavy atom. The summed E-state index contributed by atoms with van der Waals surface area (Å²) < 4.78 is 0. The number of aryl methyl sites for hydroxylation is 3. The fourth-order valence-electron chi connectivity index (χ4n) is 0.966. The molecule has 0 atom stereocenters. The maximum atomic E-state index is 6.33. The van der Waals surface area contributed by atoms with Crippen LogP contribution in [0.25, 0.3) is 0 Å². The van der Waals surface area contributed by atoms with Crippen LogP contribution in [0.1, 0.15) is 30.5 Å². The van der Waals surface area contributed by atoms with Crippen LogP contribution >= 0.6 is 0 Å². The molecule has 16 heavy (non-hydrogen) atoms. The lowest BCUT2D eigenvalue weighted by molar-refractivity contribution is 1.30. The molecule has 0 aliphatic heterocycles. The summed E-state index contributed by atoms with van der Waals surface area (Å²) in [6.45, 7) is 10.4. The molecule has 0 amide bonds. The van der Waals surface area contributed by atoms with E-state index in [0.717, 1.165) is 6.21 Å². The smallest absolute Gasteiger partial charge is 0.0384 e. The third-order valence-corrected chi connectivity index (χ3v) is 1.89. The Hall–Kier alpha value is -1.44. The molecule has 0 aliphatic carbocycles. The van der Waals surface area contributed by atoms with Crippen molar-refractivity contribution in [2.24, 2.45) is 4.99 Å². The molecule has 0 spiro atoms. The zero-order valence-electron chi connectivity index (χ0n) is 11.3. The maximum absolute atomic E-state index is 6.33. The highest BCUT2D eigenvalue weighted by molar-refractivity contribution is 6.14. The van der Waals surface area contributed by atoms with Gasteiger partial charge in [-0.05, 0) is 31.9 Å². The second-order valence-electron chi connectivity index (χ2n) is 3.16. The van der Waals surface area contributed by atoms with Crippen molar-refractivity contribution in [2.45, 2.75) is 34.6 Å². The Morgan fingerprint density at radius 2 is 1.62 bits per heavy atom. The van der Waals surface area contributed by atoms with Crippen LogP contribution in [0.5, 0.6) is 0 Å². The minimum Gasteiger partial charge on any atom is -0.307 e. The highest BCUT2D eigenvalue weighted by atomic mass is 14.6. The predicted molar refractivity (Wildman–Crippen MR) is 75.2 cm³/mol. The number of nitrogens with one attached hydrogen (secondary N) is 1. The molecule has 2 nitrogen and oxygen atoms in total. The highest BCUT2D eigenvalue weighted by Crippen LogP contribution is 2.07. The maximum Gasteiger partial charge on any atom is 0.0384 e. The summed E-state index contributed by atoms with van der Waals surface area (Å²) in [5, 5.41) is 6.33. The Kier molecular flexibility index (Phi) is 12.3. The summed E-state index contributed by atoms with van der Waals surface area (Å²) in [5.41, 5.74) is 4.11. The van der Waals surface area contributed by atoms with Crippen molar-refractivity contribution in [1.82, 2.24) is 0 Å². The molecule has 1 N–H and O–H groups in total. The zero-order chi connectivity index (χ0) is 13.0. The topological polar surface area (TPSA) is 36.2 Å². The molecule has 0 aliphatic rings. The van der Waals surface area contributed by atoms with Gasteiger partial charge in [-0.3, -0.25) is 4.99 Å². The molecule has 1 aromatic carbocycles. The number of aliphatic imine (C=N–C) groups is 1. The molecule has 0 heterocycles. The van der Waals surface area contributed by atoms with Gasteiger partial charge in [-0.15, -0.1) is 0 Å². The lowest BCUT2D eigenvalue weighted by Gasteiger charge is -1.98. The number of hydrogen-bond acceptors (Lipinski definition) is 2. The summed E-state index contributed by atoms with van der Waals surface area (Å²) in [6.07, 6.45) is 2.56. The predicted octanol–water partition coefficient (Wildman–Crippen LogP) is 3.97. The molecule has 2 heteroatoms. The monoisotopic (exact) mass is 220 g/mol. The summed E-state index contributed by atoms with van der Waals surface area (Å²) in [7, 11) is 1.63. The van der Waals surface area contributed by atoms with Gasteiger partial charge in [-0.1, -0.05) is 37.6 Å². The van der Waals surface area contributed by atoms with Crippen LogP contribution in [0.3, 0.4) is 0 Å². The van der Waals surface area contributed by atoms with Crippen LogP contribution in [-0.2, 0) is 0 Å². The van der Waals surface area contributed by atoms with E-state index in [0.29, 0.717) is 0 Å². The molecule has 0 aromatic heterocycles. The first-order valence-electron chi connectivity index (χ1n) is 5.57. The number of hydrogen-bond donors (Lipinski definition) is 1. The van der Waals surface area contributed by atoms with Crippen molar-refractivity contribution in [3.8, 4) is 0 Å². The minimum absolute atomic E-state index is 1.14. The van der Waals surface area contributed by atoms with Gasteiger partial charge in [0, 0.05) is 19.5 Å². The quantitative estimate of drug-likeness (QED) is 0.695. The first-order chi connectivity index (χ1) is 7.61. The lowest BCUT2D eigenvalue weighted by atomic mass is 10.1. The van der Waals surface area contributed by atoms with Crippen LogP contribution in [0.15, 0.2) is 23.2 Å². The molecule has 1 rings (SSSR count). The van der Waals surface area contributed by atoms with Gasteiger partial charge >= 0.3 is 0 Å². The van der Waals surface area contributed by atoms with Gasteiger partial charge in [0.1, 0.15) is 0 Å². The number of rotatable bonds is 1. The first kappa shape index (κ1) is 17.0. The van der Waals surface area contributed by atoms with Crippen molar-refractivity contribution in [3.05, 3.63) is 34.9 Å². The van der Waals surface area contributed by atoms with Gasteiger partial charge in [-0.25, -0.2) is 0 Å². The van der Waals surface area contributed by atoms with Crippen molar-refractivity contribution in [2.75, 3.05) is 7.05 Å². The van der Waals surface area contributed by atoms with E-state index in [4.69, 9.17) is 5.41 Å². The van der Waals surface area contributed by atoms with Gasteiger partial charge in [0.25, 0.3) is 0 Å². The van der Waals surface area contributed by atoms with Gasteiger partial charge in [0.15, 0.2) is 0 Å². The Balaban J connectivity index is 0. The molecular formula is C14H24N2. The summed E-state index contributed by atoms with van der Waals surface area (Å²) in [4.78, 5) is 3.49. The molecule has 0 saturated carbocycles. The largest absolute Gasteiger partial charge is 0.307 e. The van der Waals surface area contributed by atoms with Crippen LogP contribution in [0, 0.1) is 26.2 Å². The molecular weight excluding hydrogens is 196 g/mol. The second-order valence-corrected chi connectivity index (χ2v) is 3.16. The Morgan fingerprint density at radius 3 is 1.88 bits per heavy atom. The molecule has 0 saturated heterocycles. The van der Waals surface area contributed by atoms with Crippen molar-refractivity contribution in [1.29, 1.82) is 5.41 Å². The lowest BCUT2D eigenvalue weighted by Crippen LogP contribution is -1.79. The van der Waals surface area contributed by atoms with E-state index in [-0.39, 0.29) is 0 Å². The standard InChI is InChI=1S/C9H12.C3H6N2.C2H6/c1-7-4-5-8(2)9(3)6-7;1-5-3-2-4;1-2/h4-6H,1-3H3;2-4H,1H3;1-2H3.